The van der Waals surface area contributed by atoms with Gasteiger partial charge < -0.3 is 20.5 Å². The molecule has 0 heterocycles. The summed E-state index contributed by atoms with van der Waals surface area (Å²) in [7, 11) is 3.15. The SMILES string of the molecule is COc1cc(NC(=O)CCC(C)CN)cc(OC)c1. The second-order valence-electron chi connectivity index (χ2n) is 4.53. The summed E-state index contributed by atoms with van der Waals surface area (Å²) < 4.78 is 10.3. The van der Waals surface area contributed by atoms with Gasteiger partial charge in [-0.2, -0.15) is 0 Å². The third-order valence-corrected chi connectivity index (χ3v) is 2.90. The van der Waals surface area contributed by atoms with Crippen LogP contribution in [0.2, 0.25) is 0 Å². The van der Waals surface area contributed by atoms with Gasteiger partial charge in [0.2, 0.25) is 5.91 Å². The van der Waals surface area contributed by atoms with Gasteiger partial charge in [-0.3, -0.25) is 4.79 Å². The maximum Gasteiger partial charge on any atom is 0.224 e. The molecule has 0 spiro atoms. The minimum Gasteiger partial charge on any atom is -0.497 e. The van der Waals surface area contributed by atoms with Crippen molar-refractivity contribution in [2.24, 2.45) is 11.7 Å². The van der Waals surface area contributed by atoms with E-state index < -0.39 is 0 Å². The van der Waals surface area contributed by atoms with E-state index in [0.29, 0.717) is 36.1 Å². The van der Waals surface area contributed by atoms with Gasteiger partial charge in [-0.1, -0.05) is 6.92 Å². The third kappa shape index (κ3) is 5.18. The first-order chi connectivity index (χ1) is 9.08. The van der Waals surface area contributed by atoms with E-state index in [-0.39, 0.29) is 5.91 Å². The smallest absolute Gasteiger partial charge is 0.224 e. The second kappa shape index (κ2) is 7.63. The van der Waals surface area contributed by atoms with Gasteiger partial charge in [0.25, 0.3) is 0 Å². The van der Waals surface area contributed by atoms with Crippen LogP contribution in [0.15, 0.2) is 18.2 Å². The molecule has 1 rings (SSSR count). The zero-order valence-corrected chi connectivity index (χ0v) is 11.7. The average molecular weight is 266 g/mol. The van der Waals surface area contributed by atoms with Crippen molar-refractivity contribution in [2.45, 2.75) is 19.8 Å². The first-order valence-corrected chi connectivity index (χ1v) is 6.32. The summed E-state index contributed by atoms with van der Waals surface area (Å²) in [6, 6.07) is 5.27. The molecule has 0 aliphatic carbocycles. The molecule has 1 amide bonds. The molecule has 1 atom stereocenters. The summed E-state index contributed by atoms with van der Waals surface area (Å²) in [5.74, 6) is 1.61. The molecule has 19 heavy (non-hydrogen) atoms. The van der Waals surface area contributed by atoms with Crippen molar-refractivity contribution in [3.05, 3.63) is 18.2 Å². The normalized spacial score (nSPS) is 11.8. The molecule has 1 aromatic carbocycles. The van der Waals surface area contributed by atoms with Gasteiger partial charge in [0.1, 0.15) is 11.5 Å². The molecule has 1 unspecified atom stereocenters. The summed E-state index contributed by atoms with van der Waals surface area (Å²) >= 11 is 0. The van der Waals surface area contributed by atoms with Crippen molar-refractivity contribution in [1.29, 1.82) is 0 Å². The number of ether oxygens (including phenoxy) is 2. The van der Waals surface area contributed by atoms with Crippen LogP contribution in [-0.2, 0) is 4.79 Å². The molecular formula is C14H22N2O3. The molecular weight excluding hydrogens is 244 g/mol. The molecule has 0 saturated carbocycles. The summed E-state index contributed by atoms with van der Waals surface area (Å²) in [6.07, 6.45) is 1.24. The second-order valence-corrected chi connectivity index (χ2v) is 4.53. The first kappa shape index (κ1) is 15.3. The molecule has 0 aliphatic rings. The maximum absolute atomic E-state index is 11.8. The standard InChI is InChI=1S/C14H22N2O3/c1-10(9-15)4-5-14(17)16-11-6-12(18-2)8-13(7-11)19-3/h6-8,10H,4-5,9,15H2,1-3H3,(H,16,17). The Balaban J connectivity index is 2.62. The number of nitrogens with one attached hydrogen (secondary N) is 1. The van der Waals surface area contributed by atoms with Gasteiger partial charge >= 0.3 is 0 Å². The lowest BCUT2D eigenvalue weighted by atomic mass is 10.1. The number of benzene rings is 1. The van der Waals surface area contributed by atoms with E-state index in [1.54, 1.807) is 32.4 Å². The van der Waals surface area contributed by atoms with E-state index in [4.69, 9.17) is 15.2 Å². The largest absolute Gasteiger partial charge is 0.497 e. The Morgan fingerprint density at radius 2 is 1.84 bits per heavy atom. The van der Waals surface area contributed by atoms with E-state index in [9.17, 15) is 4.79 Å². The first-order valence-electron chi connectivity index (χ1n) is 6.32. The molecule has 106 valence electrons. The Morgan fingerprint density at radius 1 is 1.26 bits per heavy atom. The molecule has 5 heteroatoms. The van der Waals surface area contributed by atoms with Crippen molar-refractivity contribution in [2.75, 3.05) is 26.1 Å². The quantitative estimate of drug-likeness (QED) is 0.792. The van der Waals surface area contributed by atoms with Crippen molar-refractivity contribution >= 4 is 11.6 Å². The Bertz CT molecular complexity index is 399. The summed E-state index contributed by atoms with van der Waals surface area (Å²) in [5.41, 5.74) is 6.19. The van der Waals surface area contributed by atoms with E-state index in [2.05, 4.69) is 5.32 Å². The molecule has 0 fully saturated rings. The van der Waals surface area contributed by atoms with E-state index in [0.717, 1.165) is 6.42 Å². The number of carbonyl (C=O) groups excluding carboxylic acids is 1. The Kier molecular flexibility index (Phi) is 6.15. The molecule has 0 saturated heterocycles. The summed E-state index contributed by atoms with van der Waals surface area (Å²) in [6.45, 7) is 2.63. The van der Waals surface area contributed by atoms with Crippen LogP contribution in [0.25, 0.3) is 0 Å². The number of hydrogen-bond acceptors (Lipinski definition) is 4. The van der Waals surface area contributed by atoms with Gasteiger partial charge in [0.15, 0.2) is 0 Å². The highest BCUT2D eigenvalue weighted by atomic mass is 16.5. The number of anilines is 1. The minimum atomic E-state index is -0.0318. The van der Waals surface area contributed by atoms with Gasteiger partial charge in [-0.05, 0) is 18.9 Å². The molecule has 3 N–H and O–H groups in total. The van der Waals surface area contributed by atoms with Crippen LogP contribution in [0, 0.1) is 5.92 Å². The Hall–Kier alpha value is -1.75. The molecule has 0 aliphatic heterocycles. The fourth-order valence-corrected chi connectivity index (χ4v) is 1.60. The lowest BCUT2D eigenvalue weighted by Gasteiger charge is -2.11. The fraction of sp³-hybridized carbons (Fsp3) is 0.500. The van der Waals surface area contributed by atoms with E-state index in [1.165, 1.54) is 0 Å². The lowest BCUT2D eigenvalue weighted by molar-refractivity contribution is -0.116. The zero-order valence-electron chi connectivity index (χ0n) is 11.7. The van der Waals surface area contributed by atoms with Crippen molar-refractivity contribution in [1.82, 2.24) is 0 Å². The molecule has 0 aromatic heterocycles. The number of hydrogen-bond donors (Lipinski definition) is 2. The van der Waals surface area contributed by atoms with Gasteiger partial charge in [0, 0.05) is 30.3 Å². The monoisotopic (exact) mass is 266 g/mol. The van der Waals surface area contributed by atoms with Crippen LogP contribution in [0.4, 0.5) is 5.69 Å². The molecule has 0 bridgehead atoms. The van der Waals surface area contributed by atoms with Crippen LogP contribution >= 0.6 is 0 Å². The van der Waals surface area contributed by atoms with Crippen molar-refractivity contribution in [3.63, 3.8) is 0 Å². The predicted molar refractivity (Wildman–Crippen MR) is 75.6 cm³/mol. The Labute approximate surface area is 114 Å². The zero-order chi connectivity index (χ0) is 14.3. The summed E-state index contributed by atoms with van der Waals surface area (Å²) in [5, 5.41) is 2.83. The number of carbonyl (C=O) groups is 1. The highest BCUT2D eigenvalue weighted by molar-refractivity contribution is 5.91. The number of nitrogens with two attached hydrogens (primary N) is 1. The predicted octanol–water partition coefficient (Wildman–Crippen LogP) is 2.02. The van der Waals surface area contributed by atoms with Crippen LogP contribution in [0.1, 0.15) is 19.8 Å². The third-order valence-electron chi connectivity index (χ3n) is 2.90. The van der Waals surface area contributed by atoms with Crippen LogP contribution in [0.3, 0.4) is 0 Å². The number of rotatable bonds is 7. The van der Waals surface area contributed by atoms with Gasteiger partial charge in [0.05, 0.1) is 14.2 Å². The topological polar surface area (TPSA) is 73.6 Å². The molecule has 1 aromatic rings. The highest BCUT2D eigenvalue weighted by Gasteiger charge is 2.08. The fourth-order valence-electron chi connectivity index (χ4n) is 1.60. The molecule has 5 nitrogen and oxygen atoms in total. The van der Waals surface area contributed by atoms with Crippen molar-refractivity contribution in [3.8, 4) is 11.5 Å². The number of amides is 1. The Morgan fingerprint density at radius 3 is 2.32 bits per heavy atom. The maximum atomic E-state index is 11.8. The molecule has 0 radical (unpaired) electrons. The average Bonchev–Trinajstić information content (AvgIpc) is 2.44. The van der Waals surface area contributed by atoms with Crippen molar-refractivity contribution < 1.29 is 14.3 Å². The van der Waals surface area contributed by atoms with Gasteiger partial charge in [-0.25, -0.2) is 0 Å². The minimum absolute atomic E-state index is 0.0318. The summed E-state index contributed by atoms with van der Waals surface area (Å²) in [4.78, 5) is 11.8. The highest BCUT2D eigenvalue weighted by Crippen LogP contribution is 2.25. The van der Waals surface area contributed by atoms with Crippen LogP contribution in [-0.4, -0.2) is 26.7 Å². The van der Waals surface area contributed by atoms with E-state index in [1.807, 2.05) is 6.92 Å². The van der Waals surface area contributed by atoms with Crippen LogP contribution in [0.5, 0.6) is 11.5 Å². The number of methoxy groups -OCH3 is 2. The van der Waals surface area contributed by atoms with Gasteiger partial charge in [-0.15, -0.1) is 0 Å². The van der Waals surface area contributed by atoms with E-state index >= 15 is 0 Å². The lowest BCUT2D eigenvalue weighted by Crippen LogP contribution is -2.16. The van der Waals surface area contributed by atoms with Crippen LogP contribution < -0.4 is 20.5 Å².